The first-order valence-electron chi connectivity index (χ1n) is 6.38. The van der Waals surface area contributed by atoms with Crippen LogP contribution in [0.4, 0.5) is 5.69 Å². The lowest BCUT2D eigenvalue weighted by Gasteiger charge is -2.16. The van der Waals surface area contributed by atoms with E-state index < -0.39 is 4.92 Å². The molecule has 1 saturated heterocycles. The Balaban J connectivity index is 2.26. The number of benzene rings is 1. The van der Waals surface area contributed by atoms with Crippen molar-refractivity contribution in [3.8, 4) is 0 Å². The first-order chi connectivity index (χ1) is 9.88. The Morgan fingerprint density at radius 2 is 2.19 bits per heavy atom. The van der Waals surface area contributed by atoms with E-state index in [0.29, 0.717) is 27.3 Å². The molecule has 0 bridgehead atoms. The van der Waals surface area contributed by atoms with E-state index in [9.17, 15) is 14.9 Å². The van der Waals surface area contributed by atoms with Crippen LogP contribution in [-0.4, -0.2) is 26.6 Å². The highest BCUT2D eigenvalue weighted by Crippen LogP contribution is 2.33. The summed E-state index contributed by atoms with van der Waals surface area (Å²) in [6.07, 6.45) is 1.65. The van der Waals surface area contributed by atoms with Crippen LogP contribution in [0.1, 0.15) is 19.4 Å². The fourth-order valence-corrected chi connectivity index (χ4v) is 3.18. The molecule has 1 aliphatic rings. The average Bonchev–Trinajstić information content (AvgIpc) is 2.66. The van der Waals surface area contributed by atoms with Crippen molar-refractivity contribution >= 4 is 46.0 Å². The largest absolute Gasteiger partial charge is 0.293 e. The summed E-state index contributed by atoms with van der Waals surface area (Å²) in [7, 11) is 0. The summed E-state index contributed by atoms with van der Waals surface area (Å²) in [5.74, 6) is 0.190. The number of amides is 1. The van der Waals surface area contributed by atoms with Crippen LogP contribution in [0.15, 0.2) is 29.2 Å². The predicted molar refractivity (Wildman–Crippen MR) is 87.8 cm³/mol. The number of thiocarbonyl (C=S) groups is 1. The zero-order chi connectivity index (χ0) is 15.6. The molecule has 1 aliphatic heterocycles. The number of nitrogens with zero attached hydrogens (tertiary/aromatic N) is 2. The number of nitro benzene ring substituents is 1. The second kappa shape index (κ2) is 6.36. The first kappa shape index (κ1) is 15.7. The van der Waals surface area contributed by atoms with Gasteiger partial charge in [0.15, 0.2) is 0 Å². The van der Waals surface area contributed by atoms with E-state index in [0.717, 1.165) is 0 Å². The van der Waals surface area contributed by atoms with E-state index in [1.165, 1.54) is 23.9 Å². The Bertz CT molecular complexity index is 641. The molecule has 0 unspecified atom stereocenters. The van der Waals surface area contributed by atoms with E-state index >= 15 is 0 Å². The molecule has 1 amide bonds. The minimum absolute atomic E-state index is 0.00130. The van der Waals surface area contributed by atoms with Gasteiger partial charge in [0.2, 0.25) is 0 Å². The smallest absolute Gasteiger partial charge is 0.270 e. The number of rotatable bonds is 4. The van der Waals surface area contributed by atoms with Gasteiger partial charge >= 0.3 is 0 Å². The van der Waals surface area contributed by atoms with Crippen LogP contribution in [0.2, 0.25) is 0 Å². The van der Waals surface area contributed by atoms with E-state index in [-0.39, 0.29) is 11.6 Å². The van der Waals surface area contributed by atoms with Crippen LogP contribution < -0.4 is 0 Å². The summed E-state index contributed by atoms with van der Waals surface area (Å²) in [6.45, 7) is 4.61. The van der Waals surface area contributed by atoms with Crippen molar-refractivity contribution in [3.05, 3.63) is 44.8 Å². The molecule has 21 heavy (non-hydrogen) atoms. The molecule has 0 aliphatic carbocycles. The molecule has 1 aromatic carbocycles. The summed E-state index contributed by atoms with van der Waals surface area (Å²) >= 11 is 6.45. The second-order valence-corrected chi connectivity index (χ2v) is 6.71. The monoisotopic (exact) mass is 322 g/mol. The van der Waals surface area contributed by atoms with Crippen LogP contribution in [0.3, 0.4) is 0 Å². The van der Waals surface area contributed by atoms with Gasteiger partial charge in [0.1, 0.15) is 4.32 Å². The van der Waals surface area contributed by atoms with Crippen LogP contribution in [0.25, 0.3) is 6.08 Å². The average molecular weight is 322 g/mol. The fraction of sp³-hybridized carbons (Fsp3) is 0.286. The molecule has 1 fully saturated rings. The number of nitro groups is 1. The molecule has 0 saturated carbocycles. The SMILES string of the molecule is CC(C)CN1C(=O)C(=Cc2cccc([N+](=O)[O-])c2)SC1=S. The molecule has 0 atom stereocenters. The van der Waals surface area contributed by atoms with Crippen LogP contribution >= 0.6 is 24.0 Å². The summed E-state index contributed by atoms with van der Waals surface area (Å²) in [5.41, 5.74) is 0.621. The normalized spacial score (nSPS) is 17.1. The minimum Gasteiger partial charge on any atom is -0.293 e. The van der Waals surface area contributed by atoms with Gasteiger partial charge in [-0.3, -0.25) is 19.8 Å². The molecule has 7 heteroatoms. The quantitative estimate of drug-likeness (QED) is 0.368. The fourth-order valence-electron chi connectivity index (χ4n) is 1.90. The Kier molecular flexibility index (Phi) is 4.74. The molecule has 5 nitrogen and oxygen atoms in total. The summed E-state index contributed by atoms with van der Waals surface area (Å²) in [6, 6.07) is 6.18. The molecule has 0 spiro atoms. The van der Waals surface area contributed by atoms with Gasteiger partial charge in [-0.1, -0.05) is 50.0 Å². The minimum atomic E-state index is -0.457. The highest BCUT2D eigenvalue weighted by molar-refractivity contribution is 8.26. The van der Waals surface area contributed by atoms with E-state index in [1.807, 2.05) is 13.8 Å². The summed E-state index contributed by atoms with van der Waals surface area (Å²) < 4.78 is 0.533. The highest BCUT2D eigenvalue weighted by atomic mass is 32.2. The van der Waals surface area contributed by atoms with Gasteiger partial charge < -0.3 is 0 Å². The van der Waals surface area contributed by atoms with Crippen LogP contribution in [0, 0.1) is 16.0 Å². The lowest BCUT2D eigenvalue weighted by Crippen LogP contribution is -2.31. The third-order valence-electron chi connectivity index (χ3n) is 2.80. The van der Waals surface area contributed by atoms with Gasteiger partial charge in [-0.25, -0.2) is 0 Å². The van der Waals surface area contributed by atoms with Crippen molar-refractivity contribution in [3.63, 3.8) is 0 Å². The molecule has 0 N–H and O–H groups in total. The Hall–Kier alpha value is -1.73. The number of non-ortho nitro benzene ring substituents is 1. The standard InChI is InChI=1S/C14H14N2O3S2/c1-9(2)8-15-13(17)12(21-14(15)20)7-10-4-3-5-11(6-10)16(18)19/h3-7,9H,8H2,1-2H3. The number of carbonyl (C=O) groups is 1. The van der Waals surface area contributed by atoms with E-state index in [1.54, 1.807) is 23.1 Å². The molecule has 2 rings (SSSR count). The Labute approximate surface area is 132 Å². The lowest BCUT2D eigenvalue weighted by atomic mass is 10.2. The maximum atomic E-state index is 12.3. The lowest BCUT2D eigenvalue weighted by molar-refractivity contribution is -0.384. The van der Waals surface area contributed by atoms with Crippen LogP contribution in [0.5, 0.6) is 0 Å². The van der Waals surface area contributed by atoms with Crippen molar-refractivity contribution in [2.24, 2.45) is 5.92 Å². The maximum absolute atomic E-state index is 12.3. The summed E-state index contributed by atoms with van der Waals surface area (Å²) in [4.78, 5) is 24.7. The van der Waals surface area contributed by atoms with Crippen molar-refractivity contribution in [2.45, 2.75) is 13.8 Å². The zero-order valence-corrected chi connectivity index (χ0v) is 13.2. The van der Waals surface area contributed by atoms with Crippen molar-refractivity contribution in [2.75, 3.05) is 6.54 Å². The van der Waals surface area contributed by atoms with Crippen molar-refractivity contribution in [1.82, 2.24) is 4.90 Å². The second-order valence-electron chi connectivity index (χ2n) is 5.04. The number of thioether (sulfide) groups is 1. The van der Waals surface area contributed by atoms with Crippen LogP contribution in [-0.2, 0) is 4.79 Å². The van der Waals surface area contributed by atoms with Gasteiger partial charge in [0, 0.05) is 18.7 Å². The predicted octanol–water partition coefficient (Wildman–Crippen LogP) is 3.45. The molecular formula is C14H14N2O3S2. The van der Waals surface area contributed by atoms with Gasteiger partial charge in [0.25, 0.3) is 11.6 Å². The molecule has 110 valence electrons. The first-order valence-corrected chi connectivity index (χ1v) is 7.61. The van der Waals surface area contributed by atoms with Gasteiger partial charge in [-0.05, 0) is 17.6 Å². The third kappa shape index (κ3) is 3.68. The van der Waals surface area contributed by atoms with Gasteiger partial charge in [-0.15, -0.1) is 0 Å². The Morgan fingerprint density at radius 3 is 2.81 bits per heavy atom. The Morgan fingerprint density at radius 1 is 1.48 bits per heavy atom. The molecular weight excluding hydrogens is 308 g/mol. The third-order valence-corrected chi connectivity index (χ3v) is 4.18. The molecule has 1 heterocycles. The zero-order valence-electron chi connectivity index (χ0n) is 11.6. The van der Waals surface area contributed by atoms with Gasteiger partial charge in [-0.2, -0.15) is 0 Å². The molecule has 0 radical (unpaired) electrons. The van der Waals surface area contributed by atoms with Gasteiger partial charge in [0.05, 0.1) is 9.83 Å². The van der Waals surface area contributed by atoms with E-state index in [4.69, 9.17) is 12.2 Å². The van der Waals surface area contributed by atoms with Crippen molar-refractivity contribution in [1.29, 1.82) is 0 Å². The molecule has 0 aromatic heterocycles. The molecule has 1 aromatic rings. The maximum Gasteiger partial charge on any atom is 0.270 e. The topological polar surface area (TPSA) is 63.5 Å². The van der Waals surface area contributed by atoms with Crippen molar-refractivity contribution < 1.29 is 9.72 Å². The van der Waals surface area contributed by atoms with E-state index in [2.05, 4.69) is 0 Å². The summed E-state index contributed by atoms with van der Waals surface area (Å²) in [5, 5.41) is 10.8. The number of hydrogen-bond donors (Lipinski definition) is 0. The number of hydrogen-bond acceptors (Lipinski definition) is 5. The highest BCUT2D eigenvalue weighted by Gasteiger charge is 2.32. The number of carbonyl (C=O) groups excluding carboxylic acids is 1.